The van der Waals surface area contributed by atoms with Crippen LogP contribution in [0.3, 0.4) is 0 Å². The van der Waals surface area contributed by atoms with E-state index in [0.29, 0.717) is 23.6 Å². The van der Waals surface area contributed by atoms with E-state index in [1.807, 2.05) is 23.1 Å². The predicted octanol–water partition coefficient (Wildman–Crippen LogP) is 2.26. The largest absolute Gasteiger partial charge is 0.497 e. The van der Waals surface area contributed by atoms with Crippen LogP contribution in [0.5, 0.6) is 5.75 Å². The van der Waals surface area contributed by atoms with Crippen LogP contribution in [0.2, 0.25) is 0 Å². The minimum Gasteiger partial charge on any atom is -0.497 e. The molecule has 0 saturated carbocycles. The zero-order chi connectivity index (χ0) is 17.6. The number of benzene rings is 2. The van der Waals surface area contributed by atoms with Gasteiger partial charge < -0.3 is 9.64 Å². The number of carbonyl (C=O) groups is 2. The number of anilines is 1. The van der Waals surface area contributed by atoms with Gasteiger partial charge in [0.2, 0.25) is 0 Å². The highest BCUT2D eigenvalue weighted by Gasteiger charge is 2.37. The summed E-state index contributed by atoms with van der Waals surface area (Å²) in [5.74, 6) is -0.630. The van der Waals surface area contributed by atoms with Crippen molar-refractivity contribution in [1.82, 2.24) is 5.32 Å². The molecule has 0 radical (unpaired) electrons. The molecule has 2 aromatic carbocycles. The van der Waals surface area contributed by atoms with Crippen molar-refractivity contribution in [3.8, 4) is 5.75 Å². The number of carbonyl (C=O) groups excluding carboxylic acids is 2. The van der Waals surface area contributed by atoms with Crippen LogP contribution in [0, 0.1) is 5.82 Å². The number of imide groups is 1. The van der Waals surface area contributed by atoms with Crippen molar-refractivity contribution in [3.05, 3.63) is 65.1 Å². The van der Waals surface area contributed by atoms with Crippen molar-refractivity contribution >= 4 is 23.1 Å². The quantitative estimate of drug-likeness (QED) is 0.872. The monoisotopic (exact) mass is 338 g/mol. The van der Waals surface area contributed by atoms with Crippen LogP contribution in [0.1, 0.15) is 11.1 Å². The van der Waals surface area contributed by atoms with Crippen LogP contribution < -0.4 is 15.0 Å². The fourth-order valence-electron chi connectivity index (χ4n) is 3.31. The summed E-state index contributed by atoms with van der Waals surface area (Å²) in [6.07, 6.45) is 0.765. The van der Waals surface area contributed by atoms with Gasteiger partial charge in [-0.25, -0.2) is 4.39 Å². The van der Waals surface area contributed by atoms with Crippen LogP contribution in [0.25, 0.3) is 5.57 Å². The van der Waals surface area contributed by atoms with Crippen LogP contribution in [-0.2, 0) is 16.0 Å². The zero-order valence-electron chi connectivity index (χ0n) is 13.5. The molecule has 0 spiro atoms. The van der Waals surface area contributed by atoms with Gasteiger partial charge in [0, 0.05) is 18.3 Å². The second-order valence-corrected chi connectivity index (χ2v) is 5.91. The topological polar surface area (TPSA) is 58.6 Å². The molecule has 2 amide bonds. The highest BCUT2D eigenvalue weighted by Crippen LogP contribution is 2.38. The maximum Gasteiger partial charge on any atom is 0.275 e. The molecule has 0 atom stereocenters. The molecule has 0 fully saturated rings. The summed E-state index contributed by atoms with van der Waals surface area (Å²) in [4.78, 5) is 26.6. The first kappa shape index (κ1) is 15.4. The van der Waals surface area contributed by atoms with Gasteiger partial charge in [-0.3, -0.25) is 14.9 Å². The summed E-state index contributed by atoms with van der Waals surface area (Å²) in [6, 6.07) is 11.2. The number of fused-ring (bicyclic) bond motifs is 1. The molecule has 2 aliphatic rings. The molecule has 25 heavy (non-hydrogen) atoms. The summed E-state index contributed by atoms with van der Waals surface area (Å²) < 4.78 is 18.5. The smallest absolute Gasteiger partial charge is 0.275 e. The highest BCUT2D eigenvalue weighted by molar-refractivity contribution is 6.37. The second-order valence-electron chi connectivity index (χ2n) is 5.91. The Hall–Kier alpha value is -3.15. The first-order valence-electron chi connectivity index (χ1n) is 7.89. The maximum absolute atomic E-state index is 13.2. The number of hydrogen-bond acceptors (Lipinski definition) is 4. The molecule has 0 bridgehead atoms. The number of hydrogen-bond donors (Lipinski definition) is 1. The summed E-state index contributed by atoms with van der Waals surface area (Å²) in [5.41, 5.74) is 3.00. The molecule has 126 valence electrons. The average Bonchev–Trinajstić information content (AvgIpc) is 3.15. The molecule has 2 aliphatic heterocycles. The first-order chi connectivity index (χ1) is 12.1. The van der Waals surface area contributed by atoms with Gasteiger partial charge in [-0.15, -0.1) is 0 Å². The molecule has 5 nitrogen and oxygen atoms in total. The Morgan fingerprint density at radius 3 is 2.56 bits per heavy atom. The van der Waals surface area contributed by atoms with E-state index in [0.717, 1.165) is 17.7 Å². The van der Waals surface area contributed by atoms with Gasteiger partial charge in [-0.2, -0.15) is 0 Å². The maximum atomic E-state index is 13.2. The standard InChI is InChI=1S/C19H15FN2O3/c1-25-14-7-4-11-8-9-22(15(11)10-14)17-16(18(23)21-19(17)24)12-2-5-13(20)6-3-12/h2-7,10H,8-9H2,1H3,(H,21,23,24). The third-order valence-electron chi connectivity index (χ3n) is 4.50. The van der Waals surface area contributed by atoms with Gasteiger partial charge in [0.25, 0.3) is 11.8 Å². The Morgan fingerprint density at radius 1 is 1.08 bits per heavy atom. The average molecular weight is 338 g/mol. The molecule has 0 aromatic heterocycles. The number of amides is 2. The van der Waals surface area contributed by atoms with Crippen LogP contribution in [0.4, 0.5) is 10.1 Å². The van der Waals surface area contributed by atoms with E-state index in [1.54, 1.807) is 7.11 Å². The third-order valence-corrected chi connectivity index (χ3v) is 4.50. The van der Waals surface area contributed by atoms with Gasteiger partial charge in [-0.05, 0) is 35.7 Å². The van der Waals surface area contributed by atoms with Gasteiger partial charge in [-0.1, -0.05) is 18.2 Å². The predicted molar refractivity (Wildman–Crippen MR) is 90.5 cm³/mol. The number of rotatable bonds is 3. The lowest BCUT2D eigenvalue weighted by Gasteiger charge is -2.21. The molecule has 2 heterocycles. The fourth-order valence-corrected chi connectivity index (χ4v) is 3.31. The Kier molecular flexibility index (Phi) is 3.53. The normalized spacial score (nSPS) is 16.3. The van der Waals surface area contributed by atoms with E-state index in [4.69, 9.17) is 4.74 Å². The van der Waals surface area contributed by atoms with Gasteiger partial charge in [0.1, 0.15) is 17.3 Å². The number of halogens is 1. The van der Waals surface area contributed by atoms with Gasteiger partial charge >= 0.3 is 0 Å². The number of ether oxygens (including phenoxy) is 1. The molecule has 0 aliphatic carbocycles. The Morgan fingerprint density at radius 2 is 1.84 bits per heavy atom. The number of nitrogens with zero attached hydrogens (tertiary/aromatic N) is 1. The van der Waals surface area contributed by atoms with Crippen molar-refractivity contribution in [2.75, 3.05) is 18.6 Å². The minimum atomic E-state index is -0.469. The lowest BCUT2D eigenvalue weighted by Crippen LogP contribution is -2.29. The SMILES string of the molecule is COc1ccc2c(c1)N(C1=C(c3ccc(F)cc3)C(=O)NC1=O)CC2. The van der Waals surface area contributed by atoms with Crippen LogP contribution in [0.15, 0.2) is 48.2 Å². The van der Waals surface area contributed by atoms with E-state index in [2.05, 4.69) is 5.32 Å². The molecule has 6 heteroatoms. The Balaban J connectivity index is 1.86. The Labute approximate surface area is 143 Å². The molecular weight excluding hydrogens is 323 g/mol. The van der Waals surface area contributed by atoms with Crippen LogP contribution in [-0.4, -0.2) is 25.5 Å². The van der Waals surface area contributed by atoms with Crippen molar-refractivity contribution in [2.45, 2.75) is 6.42 Å². The van der Waals surface area contributed by atoms with E-state index in [1.165, 1.54) is 24.3 Å². The fraction of sp³-hybridized carbons (Fsp3) is 0.158. The lowest BCUT2D eigenvalue weighted by atomic mass is 10.0. The van der Waals surface area contributed by atoms with Crippen molar-refractivity contribution in [2.24, 2.45) is 0 Å². The minimum absolute atomic E-state index is 0.265. The lowest BCUT2D eigenvalue weighted by molar-refractivity contribution is -0.123. The van der Waals surface area contributed by atoms with Crippen molar-refractivity contribution < 1.29 is 18.7 Å². The zero-order valence-corrected chi connectivity index (χ0v) is 13.5. The number of methoxy groups -OCH3 is 1. The molecular formula is C19H15FN2O3. The molecule has 4 rings (SSSR count). The summed E-state index contributed by atoms with van der Waals surface area (Å²) in [5, 5.41) is 2.35. The van der Waals surface area contributed by atoms with Gasteiger partial charge in [0.15, 0.2) is 0 Å². The second kappa shape index (κ2) is 5.73. The number of nitrogens with one attached hydrogen (secondary N) is 1. The molecule has 1 N–H and O–H groups in total. The van der Waals surface area contributed by atoms with Crippen molar-refractivity contribution in [3.63, 3.8) is 0 Å². The van der Waals surface area contributed by atoms with E-state index in [-0.39, 0.29) is 5.57 Å². The molecule has 0 unspecified atom stereocenters. The summed E-state index contributed by atoms with van der Waals surface area (Å²) >= 11 is 0. The molecule has 2 aromatic rings. The van der Waals surface area contributed by atoms with Gasteiger partial charge in [0.05, 0.1) is 12.7 Å². The first-order valence-corrected chi connectivity index (χ1v) is 7.89. The third kappa shape index (κ3) is 2.46. The summed E-state index contributed by atoms with van der Waals surface area (Å²) in [6.45, 7) is 0.587. The van der Waals surface area contributed by atoms with Crippen LogP contribution >= 0.6 is 0 Å². The van der Waals surface area contributed by atoms with E-state index < -0.39 is 17.6 Å². The summed E-state index contributed by atoms with van der Waals surface area (Å²) in [7, 11) is 1.58. The van der Waals surface area contributed by atoms with E-state index in [9.17, 15) is 14.0 Å². The Bertz CT molecular complexity index is 919. The van der Waals surface area contributed by atoms with Crippen molar-refractivity contribution in [1.29, 1.82) is 0 Å². The highest BCUT2D eigenvalue weighted by atomic mass is 19.1. The molecule has 0 saturated heterocycles. The van der Waals surface area contributed by atoms with E-state index >= 15 is 0 Å².